The number of rotatable bonds is 6. The first-order valence-electron chi connectivity index (χ1n) is 9.67. The number of aromatic nitrogens is 2. The van der Waals surface area contributed by atoms with E-state index in [0.717, 1.165) is 31.5 Å². The number of carbonyl (C=O) groups is 2. The van der Waals surface area contributed by atoms with Gasteiger partial charge >= 0.3 is 0 Å². The van der Waals surface area contributed by atoms with E-state index in [1.165, 1.54) is 6.26 Å². The summed E-state index contributed by atoms with van der Waals surface area (Å²) in [6.07, 6.45) is 5.50. The molecule has 0 spiro atoms. The van der Waals surface area contributed by atoms with Crippen LogP contribution in [0.4, 0.5) is 5.69 Å². The minimum Gasteiger partial charge on any atom is -0.459 e. The van der Waals surface area contributed by atoms with Gasteiger partial charge in [-0.1, -0.05) is 12.1 Å². The topological polar surface area (TPSA) is 101 Å². The highest BCUT2D eigenvalue weighted by molar-refractivity contribution is 6.02. The maximum absolute atomic E-state index is 12.4. The van der Waals surface area contributed by atoms with E-state index in [0.29, 0.717) is 24.0 Å². The van der Waals surface area contributed by atoms with Gasteiger partial charge in [-0.05, 0) is 55.3 Å². The molecular formula is C21H23N5O3. The highest BCUT2D eigenvalue weighted by Crippen LogP contribution is 2.16. The lowest BCUT2D eigenvalue weighted by Gasteiger charge is -2.22. The van der Waals surface area contributed by atoms with Gasteiger partial charge in [0.1, 0.15) is 5.69 Å². The first-order chi connectivity index (χ1) is 14.2. The van der Waals surface area contributed by atoms with Crippen molar-refractivity contribution in [2.75, 3.05) is 18.4 Å². The summed E-state index contributed by atoms with van der Waals surface area (Å²) < 4.78 is 6.94. The molecule has 0 aliphatic carbocycles. The van der Waals surface area contributed by atoms with Crippen LogP contribution in [0.1, 0.15) is 45.5 Å². The molecule has 8 heteroatoms. The maximum atomic E-state index is 12.4. The van der Waals surface area contributed by atoms with Gasteiger partial charge in [0.15, 0.2) is 5.76 Å². The summed E-state index contributed by atoms with van der Waals surface area (Å²) in [6.45, 7) is 2.30. The third kappa shape index (κ3) is 4.72. The predicted octanol–water partition coefficient (Wildman–Crippen LogP) is 2.58. The Kier molecular flexibility index (Phi) is 5.71. The molecule has 1 aliphatic heterocycles. The molecule has 2 amide bonds. The van der Waals surface area contributed by atoms with E-state index < -0.39 is 0 Å². The van der Waals surface area contributed by atoms with Gasteiger partial charge in [-0.25, -0.2) is 0 Å². The van der Waals surface area contributed by atoms with Gasteiger partial charge in [-0.15, -0.1) is 0 Å². The smallest absolute Gasteiger partial charge is 0.291 e. The van der Waals surface area contributed by atoms with E-state index >= 15 is 0 Å². The Hall–Kier alpha value is -3.39. The summed E-state index contributed by atoms with van der Waals surface area (Å²) in [6, 6.07) is 12.6. The molecule has 0 bridgehead atoms. The van der Waals surface area contributed by atoms with Gasteiger partial charge in [-0.3, -0.25) is 14.3 Å². The van der Waals surface area contributed by atoms with Crippen molar-refractivity contribution in [3.05, 3.63) is 71.9 Å². The minimum atomic E-state index is -0.306. The predicted molar refractivity (Wildman–Crippen MR) is 108 cm³/mol. The van der Waals surface area contributed by atoms with Crippen molar-refractivity contribution >= 4 is 17.5 Å². The van der Waals surface area contributed by atoms with Gasteiger partial charge in [0.25, 0.3) is 11.8 Å². The van der Waals surface area contributed by atoms with Crippen molar-refractivity contribution in [1.82, 2.24) is 20.4 Å². The zero-order valence-corrected chi connectivity index (χ0v) is 15.9. The number of carbonyl (C=O) groups excluding carboxylic acids is 2. The Bertz CT molecular complexity index is 957. The van der Waals surface area contributed by atoms with Gasteiger partial charge in [0.05, 0.1) is 12.3 Å². The van der Waals surface area contributed by atoms with Crippen LogP contribution in [0.3, 0.4) is 0 Å². The Labute approximate surface area is 168 Å². The second kappa shape index (κ2) is 8.74. The van der Waals surface area contributed by atoms with Crippen LogP contribution in [-0.2, 0) is 6.54 Å². The number of anilines is 1. The van der Waals surface area contributed by atoms with Gasteiger partial charge in [-0.2, -0.15) is 5.10 Å². The van der Waals surface area contributed by atoms with Crippen LogP contribution in [0.2, 0.25) is 0 Å². The fraction of sp³-hybridized carbons (Fsp3) is 0.286. The van der Waals surface area contributed by atoms with E-state index in [1.54, 1.807) is 30.3 Å². The fourth-order valence-electron chi connectivity index (χ4n) is 3.30. The summed E-state index contributed by atoms with van der Waals surface area (Å²) in [5.74, 6) is -0.257. The van der Waals surface area contributed by atoms with E-state index in [4.69, 9.17) is 4.42 Å². The number of nitrogens with zero attached hydrogens (tertiary/aromatic N) is 2. The summed E-state index contributed by atoms with van der Waals surface area (Å²) in [5, 5.41) is 13.4. The highest BCUT2D eigenvalue weighted by Gasteiger charge is 2.17. The molecule has 2 aromatic heterocycles. The molecule has 150 valence electrons. The van der Waals surface area contributed by atoms with E-state index in [9.17, 15) is 9.59 Å². The summed E-state index contributed by atoms with van der Waals surface area (Å²) in [5.41, 5.74) is 1.99. The number of nitrogens with one attached hydrogen (secondary N) is 3. The molecule has 0 saturated carbocycles. The van der Waals surface area contributed by atoms with Crippen LogP contribution in [0.25, 0.3) is 0 Å². The van der Waals surface area contributed by atoms with Gasteiger partial charge < -0.3 is 20.4 Å². The van der Waals surface area contributed by atoms with E-state index in [1.807, 2.05) is 23.0 Å². The van der Waals surface area contributed by atoms with Crippen LogP contribution >= 0.6 is 0 Å². The Morgan fingerprint density at radius 3 is 2.76 bits per heavy atom. The molecule has 8 nitrogen and oxygen atoms in total. The molecule has 1 aromatic carbocycles. The molecular weight excluding hydrogens is 370 g/mol. The SMILES string of the molecule is O=C(NCc1ccc(NC(=O)c2ccco2)cc1)c1ccn(C2CCCNC2)n1. The van der Waals surface area contributed by atoms with Crippen molar-refractivity contribution < 1.29 is 14.0 Å². The molecule has 1 fully saturated rings. The normalized spacial score (nSPS) is 16.3. The number of amides is 2. The lowest BCUT2D eigenvalue weighted by atomic mass is 10.1. The number of hydrogen-bond donors (Lipinski definition) is 3. The van der Waals surface area contributed by atoms with Crippen molar-refractivity contribution in [1.29, 1.82) is 0 Å². The maximum Gasteiger partial charge on any atom is 0.291 e. The number of benzene rings is 1. The van der Waals surface area contributed by atoms with Crippen LogP contribution in [0.15, 0.2) is 59.3 Å². The molecule has 29 heavy (non-hydrogen) atoms. The summed E-state index contributed by atoms with van der Waals surface area (Å²) >= 11 is 0. The van der Waals surface area contributed by atoms with E-state index in [-0.39, 0.29) is 17.6 Å². The fourth-order valence-corrected chi connectivity index (χ4v) is 3.30. The quantitative estimate of drug-likeness (QED) is 0.598. The summed E-state index contributed by atoms with van der Waals surface area (Å²) in [4.78, 5) is 24.4. The average Bonchev–Trinajstić information content (AvgIpc) is 3.46. The monoisotopic (exact) mass is 393 g/mol. The minimum absolute atomic E-state index is 0.206. The molecule has 1 atom stereocenters. The number of furan rings is 1. The van der Waals surface area contributed by atoms with Crippen LogP contribution in [0.5, 0.6) is 0 Å². The van der Waals surface area contributed by atoms with Crippen LogP contribution in [-0.4, -0.2) is 34.7 Å². The van der Waals surface area contributed by atoms with Gasteiger partial charge in [0, 0.05) is 25.0 Å². The zero-order valence-electron chi connectivity index (χ0n) is 15.9. The standard InChI is InChI=1S/C21H23N5O3/c27-20(18-9-11-26(25-18)17-3-1-10-22-14-17)23-13-15-5-7-16(8-6-15)24-21(28)19-4-2-12-29-19/h2,4-9,11-12,17,22H,1,3,10,13-14H2,(H,23,27)(H,24,28). The Morgan fingerprint density at radius 1 is 1.17 bits per heavy atom. The molecule has 0 radical (unpaired) electrons. The van der Waals surface area contributed by atoms with Crippen LogP contribution in [0, 0.1) is 0 Å². The highest BCUT2D eigenvalue weighted by atomic mass is 16.3. The molecule has 3 N–H and O–H groups in total. The van der Waals surface area contributed by atoms with Crippen molar-refractivity contribution in [2.45, 2.75) is 25.4 Å². The molecule has 3 aromatic rings. The van der Waals surface area contributed by atoms with Crippen molar-refractivity contribution in [3.63, 3.8) is 0 Å². The van der Waals surface area contributed by atoms with Crippen molar-refractivity contribution in [2.24, 2.45) is 0 Å². The van der Waals surface area contributed by atoms with E-state index in [2.05, 4.69) is 21.0 Å². The molecule has 3 heterocycles. The lowest BCUT2D eigenvalue weighted by molar-refractivity contribution is 0.0943. The summed E-state index contributed by atoms with van der Waals surface area (Å²) in [7, 11) is 0. The van der Waals surface area contributed by atoms with Crippen molar-refractivity contribution in [3.8, 4) is 0 Å². The lowest BCUT2D eigenvalue weighted by Crippen LogP contribution is -2.32. The first kappa shape index (κ1) is 18.9. The number of hydrogen-bond acceptors (Lipinski definition) is 5. The third-order valence-corrected chi connectivity index (χ3v) is 4.90. The van der Waals surface area contributed by atoms with Gasteiger partial charge in [0.2, 0.25) is 0 Å². The Morgan fingerprint density at radius 2 is 2.03 bits per heavy atom. The molecule has 1 unspecified atom stereocenters. The molecule has 1 aliphatic rings. The largest absolute Gasteiger partial charge is 0.459 e. The average molecular weight is 393 g/mol. The second-order valence-electron chi connectivity index (χ2n) is 6.99. The molecule has 4 rings (SSSR count). The zero-order chi connectivity index (χ0) is 20.1. The Balaban J connectivity index is 1.29. The second-order valence-corrected chi connectivity index (χ2v) is 6.99. The van der Waals surface area contributed by atoms with Crippen LogP contribution < -0.4 is 16.0 Å². The third-order valence-electron chi connectivity index (χ3n) is 4.90. The molecule has 1 saturated heterocycles. The first-order valence-corrected chi connectivity index (χ1v) is 9.67. The number of piperidine rings is 1.